The van der Waals surface area contributed by atoms with Gasteiger partial charge in [-0.15, -0.1) is 24.0 Å². The normalized spacial score (nSPS) is 10.5. The first-order chi connectivity index (χ1) is 9.24. The van der Waals surface area contributed by atoms with Gasteiger partial charge >= 0.3 is 0 Å². The molecule has 0 fully saturated rings. The molecular weight excluding hydrogens is 369 g/mol. The van der Waals surface area contributed by atoms with Gasteiger partial charge < -0.3 is 20.1 Å². The number of halogens is 1. The third kappa shape index (κ3) is 5.85. The van der Waals surface area contributed by atoms with Gasteiger partial charge in [0.05, 0.1) is 13.7 Å². The smallest absolute Gasteiger partial charge is 0.195 e. The number of methoxy groups -OCH3 is 1. The van der Waals surface area contributed by atoms with Crippen molar-refractivity contribution in [1.82, 2.24) is 5.32 Å². The van der Waals surface area contributed by atoms with Crippen LogP contribution in [-0.4, -0.2) is 32.8 Å². The summed E-state index contributed by atoms with van der Waals surface area (Å²) in [5.74, 6) is 2.21. The van der Waals surface area contributed by atoms with E-state index in [2.05, 4.69) is 15.6 Å². The highest BCUT2D eigenvalue weighted by molar-refractivity contribution is 14.0. The van der Waals surface area contributed by atoms with Crippen LogP contribution in [0.25, 0.3) is 0 Å². The molecule has 6 heteroatoms. The van der Waals surface area contributed by atoms with Crippen LogP contribution in [0.5, 0.6) is 11.5 Å². The Morgan fingerprint density at radius 2 is 1.95 bits per heavy atom. The van der Waals surface area contributed by atoms with E-state index >= 15 is 0 Å². The van der Waals surface area contributed by atoms with Crippen molar-refractivity contribution in [2.75, 3.05) is 32.1 Å². The number of anilines is 1. The number of benzene rings is 1. The SMILES string of the molecule is CCN=C(NCC)Nc1ccc(OC)c(OCC)c1.I. The molecular formula is C14H24IN3O2. The minimum atomic E-state index is 0. The third-order valence-corrected chi connectivity index (χ3v) is 2.39. The lowest BCUT2D eigenvalue weighted by atomic mass is 10.2. The van der Waals surface area contributed by atoms with E-state index < -0.39 is 0 Å². The molecule has 0 heterocycles. The molecule has 2 N–H and O–H groups in total. The minimum Gasteiger partial charge on any atom is -0.493 e. The second-order valence-corrected chi connectivity index (χ2v) is 3.78. The van der Waals surface area contributed by atoms with Gasteiger partial charge in [-0.2, -0.15) is 0 Å². The van der Waals surface area contributed by atoms with Crippen molar-refractivity contribution in [2.24, 2.45) is 4.99 Å². The minimum absolute atomic E-state index is 0. The van der Waals surface area contributed by atoms with Crippen molar-refractivity contribution < 1.29 is 9.47 Å². The Hall–Kier alpha value is -1.18. The van der Waals surface area contributed by atoms with Crippen LogP contribution < -0.4 is 20.1 Å². The summed E-state index contributed by atoms with van der Waals surface area (Å²) in [6.07, 6.45) is 0. The van der Waals surface area contributed by atoms with E-state index in [1.807, 2.05) is 39.0 Å². The van der Waals surface area contributed by atoms with E-state index in [4.69, 9.17) is 9.47 Å². The highest BCUT2D eigenvalue weighted by atomic mass is 127. The van der Waals surface area contributed by atoms with Gasteiger partial charge in [0.15, 0.2) is 17.5 Å². The lowest BCUT2D eigenvalue weighted by Crippen LogP contribution is -2.30. The van der Waals surface area contributed by atoms with Crippen molar-refractivity contribution in [1.29, 1.82) is 0 Å². The van der Waals surface area contributed by atoms with Crippen LogP contribution in [0.2, 0.25) is 0 Å². The van der Waals surface area contributed by atoms with Crippen molar-refractivity contribution in [3.05, 3.63) is 18.2 Å². The summed E-state index contributed by atoms with van der Waals surface area (Å²) in [5.41, 5.74) is 0.914. The average molecular weight is 393 g/mol. The monoisotopic (exact) mass is 393 g/mol. The standard InChI is InChI=1S/C14H23N3O2.HI/c1-5-15-14(16-6-2)17-11-8-9-12(18-4)13(10-11)19-7-3;/h8-10H,5-7H2,1-4H3,(H2,15,16,17);1H. The van der Waals surface area contributed by atoms with Gasteiger partial charge in [-0.1, -0.05) is 0 Å². The van der Waals surface area contributed by atoms with Crippen molar-refractivity contribution in [3.8, 4) is 11.5 Å². The maximum absolute atomic E-state index is 5.54. The van der Waals surface area contributed by atoms with E-state index in [1.54, 1.807) is 7.11 Å². The topological polar surface area (TPSA) is 54.9 Å². The molecule has 0 saturated heterocycles. The van der Waals surface area contributed by atoms with Gasteiger partial charge in [0, 0.05) is 24.8 Å². The Balaban J connectivity index is 0.00000361. The molecule has 114 valence electrons. The summed E-state index contributed by atoms with van der Waals surface area (Å²) < 4.78 is 10.8. The maximum Gasteiger partial charge on any atom is 0.195 e. The third-order valence-electron chi connectivity index (χ3n) is 2.39. The predicted molar refractivity (Wildman–Crippen MR) is 94.9 cm³/mol. The fourth-order valence-electron chi connectivity index (χ4n) is 1.62. The second kappa shape index (κ2) is 10.6. The summed E-state index contributed by atoms with van der Waals surface area (Å²) in [6.45, 7) is 8.13. The zero-order chi connectivity index (χ0) is 14.1. The highest BCUT2D eigenvalue weighted by Crippen LogP contribution is 2.30. The van der Waals surface area contributed by atoms with Crippen LogP contribution in [0.4, 0.5) is 5.69 Å². The molecule has 0 unspecified atom stereocenters. The quantitative estimate of drug-likeness (QED) is 0.443. The van der Waals surface area contributed by atoms with Gasteiger partial charge in [-0.05, 0) is 32.9 Å². The molecule has 0 spiro atoms. The summed E-state index contributed by atoms with van der Waals surface area (Å²) in [7, 11) is 1.63. The van der Waals surface area contributed by atoms with Gasteiger partial charge in [0.1, 0.15) is 0 Å². The molecule has 0 aliphatic rings. The number of nitrogens with zero attached hydrogens (tertiary/aromatic N) is 1. The van der Waals surface area contributed by atoms with E-state index in [-0.39, 0.29) is 24.0 Å². The summed E-state index contributed by atoms with van der Waals surface area (Å²) >= 11 is 0. The molecule has 0 saturated carbocycles. The molecule has 0 radical (unpaired) electrons. The van der Waals surface area contributed by atoms with E-state index in [0.29, 0.717) is 6.61 Å². The summed E-state index contributed by atoms with van der Waals surface area (Å²) in [4.78, 5) is 4.35. The fraction of sp³-hybridized carbons (Fsp3) is 0.500. The van der Waals surface area contributed by atoms with Crippen molar-refractivity contribution in [3.63, 3.8) is 0 Å². The average Bonchev–Trinajstić information content (AvgIpc) is 2.40. The number of rotatable bonds is 6. The number of guanidine groups is 1. The number of nitrogens with one attached hydrogen (secondary N) is 2. The molecule has 0 aromatic heterocycles. The molecule has 1 rings (SSSR count). The first kappa shape index (κ1) is 18.8. The molecule has 0 aliphatic heterocycles. The molecule has 0 amide bonds. The van der Waals surface area contributed by atoms with Gasteiger partial charge in [0.2, 0.25) is 0 Å². The fourth-order valence-corrected chi connectivity index (χ4v) is 1.62. The Labute approximate surface area is 138 Å². The lowest BCUT2D eigenvalue weighted by Gasteiger charge is -2.14. The van der Waals surface area contributed by atoms with Gasteiger partial charge in [0.25, 0.3) is 0 Å². The molecule has 20 heavy (non-hydrogen) atoms. The predicted octanol–water partition coefficient (Wildman–Crippen LogP) is 3.11. The van der Waals surface area contributed by atoms with Crippen molar-refractivity contribution >= 4 is 35.6 Å². The molecule has 1 aromatic rings. The zero-order valence-electron chi connectivity index (χ0n) is 12.5. The Bertz CT molecular complexity index is 425. The Morgan fingerprint density at radius 1 is 1.20 bits per heavy atom. The Kier molecular flexibility index (Phi) is 9.96. The molecule has 1 aromatic carbocycles. The Morgan fingerprint density at radius 3 is 2.50 bits per heavy atom. The number of hydrogen-bond acceptors (Lipinski definition) is 3. The lowest BCUT2D eigenvalue weighted by molar-refractivity contribution is 0.311. The van der Waals surface area contributed by atoms with Crippen molar-refractivity contribution in [2.45, 2.75) is 20.8 Å². The van der Waals surface area contributed by atoms with Gasteiger partial charge in [-0.3, -0.25) is 4.99 Å². The number of ether oxygens (including phenoxy) is 2. The zero-order valence-corrected chi connectivity index (χ0v) is 14.9. The number of aliphatic imine (C=N–C) groups is 1. The van der Waals surface area contributed by atoms with Crippen LogP contribution in [0.1, 0.15) is 20.8 Å². The highest BCUT2D eigenvalue weighted by Gasteiger charge is 2.06. The van der Waals surface area contributed by atoms with E-state index in [9.17, 15) is 0 Å². The van der Waals surface area contributed by atoms with Crippen LogP contribution in [-0.2, 0) is 0 Å². The van der Waals surface area contributed by atoms with Crippen LogP contribution in [0.3, 0.4) is 0 Å². The van der Waals surface area contributed by atoms with Crippen LogP contribution >= 0.6 is 24.0 Å². The summed E-state index contributed by atoms with van der Waals surface area (Å²) in [6, 6.07) is 5.72. The maximum atomic E-state index is 5.54. The largest absolute Gasteiger partial charge is 0.493 e. The molecule has 5 nitrogen and oxygen atoms in total. The van der Waals surface area contributed by atoms with Crippen LogP contribution in [0, 0.1) is 0 Å². The molecule has 0 aliphatic carbocycles. The van der Waals surface area contributed by atoms with Crippen LogP contribution in [0.15, 0.2) is 23.2 Å². The van der Waals surface area contributed by atoms with Gasteiger partial charge in [-0.25, -0.2) is 0 Å². The van der Waals surface area contributed by atoms with E-state index in [0.717, 1.165) is 36.2 Å². The molecule has 0 bridgehead atoms. The number of hydrogen-bond donors (Lipinski definition) is 2. The summed E-state index contributed by atoms with van der Waals surface area (Å²) in [5, 5.41) is 6.41. The second-order valence-electron chi connectivity index (χ2n) is 3.78. The molecule has 0 atom stereocenters. The van der Waals surface area contributed by atoms with E-state index in [1.165, 1.54) is 0 Å². The first-order valence-corrected chi connectivity index (χ1v) is 6.61. The first-order valence-electron chi connectivity index (χ1n) is 6.61.